The average Bonchev–Trinajstić information content (AvgIpc) is 3.02. The van der Waals surface area contributed by atoms with E-state index in [2.05, 4.69) is 10.6 Å². The first-order chi connectivity index (χ1) is 17.4. The number of imide groups is 1. The molecule has 5 rings (SSSR count). The molecule has 8 nitrogen and oxygen atoms in total. The maximum atomic E-state index is 13.9. The minimum absolute atomic E-state index is 0.432. The molecule has 4 amide bonds. The van der Waals surface area contributed by atoms with E-state index in [1.165, 1.54) is 0 Å². The number of rotatable bonds is 5. The first kappa shape index (κ1) is 23.4. The standard InChI is InChI=1S/C28H27N3O5/c1-18-9-10-21(15-19(18)2)28(20-7-4-3-5-8-20)26(33)31(27(34)30-28)17-25(32)29-22-11-12-23-24(16-22)36-14-6-13-35-23/h3-5,7-12,15-16H,6,13-14,17H2,1-2H3,(H,29,32)(H,30,34)/t28-/m1/s1. The Kier molecular flexibility index (Phi) is 6.10. The number of hydrogen-bond donors (Lipinski definition) is 2. The van der Waals surface area contributed by atoms with Crippen LogP contribution in [0.5, 0.6) is 11.5 Å². The highest BCUT2D eigenvalue weighted by Gasteiger charge is 2.54. The largest absolute Gasteiger partial charge is 0.490 e. The first-order valence-electron chi connectivity index (χ1n) is 11.9. The lowest BCUT2D eigenvalue weighted by Gasteiger charge is -2.28. The Morgan fingerprint density at radius 3 is 2.42 bits per heavy atom. The van der Waals surface area contributed by atoms with E-state index >= 15 is 0 Å². The van der Waals surface area contributed by atoms with Crippen molar-refractivity contribution in [3.05, 3.63) is 89.0 Å². The summed E-state index contributed by atoms with van der Waals surface area (Å²) in [6.07, 6.45) is 0.770. The highest BCUT2D eigenvalue weighted by atomic mass is 16.5. The molecule has 2 N–H and O–H groups in total. The highest BCUT2D eigenvalue weighted by Crippen LogP contribution is 2.37. The van der Waals surface area contributed by atoms with Crippen LogP contribution in [-0.2, 0) is 15.1 Å². The average molecular weight is 486 g/mol. The lowest BCUT2D eigenvalue weighted by Crippen LogP contribution is -2.45. The van der Waals surface area contributed by atoms with Crippen molar-refractivity contribution in [3.8, 4) is 11.5 Å². The number of carbonyl (C=O) groups is 3. The van der Waals surface area contributed by atoms with E-state index in [9.17, 15) is 14.4 Å². The Bertz CT molecular complexity index is 1340. The smallest absolute Gasteiger partial charge is 0.326 e. The summed E-state index contributed by atoms with van der Waals surface area (Å²) in [7, 11) is 0. The maximum Gasteiger partial charge on any atom is 0.326 e. The highest BCUT2D eigenvalue weighted by molar-refractivity contribution is 6.12. The molecule has 0 unspecified atom stereocenters. The lowest BCUT2D eigenvalue weighted by molar-refractivity contribution is -0.133. The minimum atomic E-state index is -1.42. The van der Waals surface area contributed by atoms with Gasteiger partial charge in [-0.05, 0) is 48.2 Å². The predicted octanol–water partition coefficient (Wildman–Crippen LogP) is 3.90. The number of nitrogens with zero attached hydrogens (tertiary/aromatic N) is 1. The summed E-state index contributed by atoms with van der Waals surface area (Å²) in [4.78, 5) is 40.9. The predicted molar refractivity (Wildman–Crippen MR) is 134 cm³/mol. The van der Waals surface area contributed by atoms with E-state index in [0.717, 1.165) is 22.4 Å². The van der Waals surface area contributed by atoms with Crippen LogP contribution >= 0.6 is 0 Å². The number of aryl methyl sites for hydroxylation is 2. The quantitative estimate of drug-likeness (QED) is 0.535. The monoisotopic (exact) mass is 485 g/mol. The van der Waals surface area contributed by atoms with E-state index < -0.39 is 29.9 Å². The Hall–Kier alpha value is -4.33. The molecule has 3 aromatic rings. The molecule has 8 heteroatoms. The molecule has 0 aliphatic carbocycles. The number of anilines is 1. The number of hydrogen-bond acceptors (Lipinski definition) is 5. The summed E-state index contributed by atoms with van der Waals surface area (Å²) in [6, 6.07) is 19.2. The fourth-order valence-corrected chi connectivity index (χ4v) is 4.53. The summed E-state index contributed by atoms with van der Waals surface area (Å²) in [6.45, 7) is 4.60. The zero-order valence-corrected chi connectivity index (χ0v) is 20.2. The van der Waals surface area contributed by atoms with Crippen molar-refractivity contribution in [1.82, 2.24) is 10.2 Å². The van der Waals surface area contributed by atoms with Crippen LogP contribution in [0.2, 0.25) is 0 Å². The molecule has 184 valence electrons. The molecule has 36 heavy (non-hydrogen) atoms. The van der Waals surface area contributed by atoms with Crippen LogP contribution in [-0.4, -0.2) is 42.5 Å². The van der Waals surface area contributed by atoms with Crippen LogP contribution < -0.4 is 20.1 Å². The number of benzene rings is 3. The number of urea groups is 1. The Morgan fingerprint density at radius 2 is 1.67 bits per heavy atom. The molecule has 0 radical (unpaired) electrons. The summed E-state index contributed by atoms with van der Waals surface area (Å²) in [5.74, 6) is 0.145. The Labute approximate surface area is 209 Å². The maximum absolute atomic E-state index is 13.9. The minimum Gasteiger partial charge on any atom is -0.490 e. The van der Waals surface area contributed by atoms with E-state index in [1.807, 2.05) is 50.2 Å². The third-order valence-corrected chi connectivity index (χ3v) is 6.59. The van der Waals surface area contributed by atoms with Crippen molar-refractivity contribution in [2.75, 3.05) is 25.1 Å². The summed E-state index contributed by atoms with van der Waals surface area (Å²) < 4.78 is 11.3. The molecule has 2 aliphatic heterocycles. The SMILES string of the molecule is Cc1ccc([C@@]2(c3ccccc3)NC(=O)N(CC(=O)Nc3ccc4c(c3)OCCCO4)C2=O)cc1C. The second-order valence-corrected chi connectivity index (χ2v) is 9.00. The topological polar surface area (TPSA) is 97.0 Å². The van der Waals surface area contributed by atoms with Crippen LogP contribution in [0.3, 0.4) is 0 Å². The molecule has 0 spiro atoms. The van der Waals surface area contributed by atoms with E-state index in [4.69, 9.17) is 9.47 Å². The van der Waals surface area contributed by atoms with Crippen molar-refractivity contribution < 1.29 is 23.9 Å². The van der Waals surface area contributed by atoms with Gasteiger partial charge in [0.05, 0.1) is 13.2 Å². The molecular formula is C28H27N3O5. The lowest BCUT2D eigenvalue weighted by atomic mass is 9.81. The van der Waals surface area contributed by atoms with Crippen LogP contribution in [0.15, 0.2) is 66.7 Å². The first-order valence-corrected chi connectivity index (χ1v) is 11.9. The van der Waals surface area contributed by atoms with Gasteiger partial charge in [0.25, 0.3) is 5.91 Å². The van der Waals surface area contributed by atoms with Gasteiger partial charge in [0.15, 0.2) is 17.0 Å². The van der Waals surface area contributed by atoms with E-state index in [1.54, 1.807) is 30.3 Å². The van der Waals surface area contributed by atoms with Crippen molar-refractivity contribution >= 4 is 23.5 Å². The molecule has 1 atom stereocenters. The number of fused-ring (bicyclic) bond motifs is 1. The third kappa shape index (κ3) is 4.15. The normalized spacial score (nSPS) is 19.0. The molecule has 0 bridgehead atoms. The van der Waals surface area contributed by atoms with Crippen molar-refractivity contribution in [1.29, 1.82) is 0 Å². The number of ether oxygens (including phenoxy) is 2. The fraction of sp³-hybridized carbons (Fsp3) is 0.250. The molecule has 2 aliphatic rings. The van der Waals surface area contributed by atoms with Gasteiger partial charge in [-0.1, -0.05) is 48.5 Å². The molecule has 0 aromatic heterocycles. The van der Waals surface area contributed by atoms with Gasteiger partial charge in [-0.3, -0.25) is 14.5 Å². The third-order valence-electron chi connectivity index (χ3n) is 6.59. The van der Waals surface area contributed by atoms with E-state index in [0.29, 0.717) is 41.5 Å². The molecular weight excluding hydrogens is 458 g/mol. The summed E-state index contributed by atoms with van der Waals surface area (Å²) in [5, 5.41) is 5.64. The van der Waals surface area contributed by atoms with Gasteiger partial charge in [-0.2, -0.15) is 0 Å². The second kappa shape index (κ2) is 9.37. The van der Waals surface area contributed by atoms with Gasteiger partial charge < -0.3 is 20.1 Å². The van der Waals surface area contributed by atoms with Crippen molar-refractivity contribution in [2.45, 2.75) is 25.8 Å². The molecule has 1 saturated heterocycles. The van der Waals surface area contributed by atoms with Crippen LogP contribution in [0.1, 0.15) is 28.7 Å². The van der Waals surface area contributed by atoms with Gasteiger partial charge in [-0.15, -0.1) is 0 Å². The second-order valence-electron chi connectivity index (χ2n) is 9.00. The Morgan fingerprint density at radius 1 is 0.917 bits per heavy atom. The zero-order valence-electron chi connectivity index (χ0n) is 20.2. The molecule has 0 saturated carbocycles. The van der Waals surface area contributed by atoms with Crippen LogP contribution in [0.25, 0.3) is 0 Å². The Balaban J connectivity index is 1.41. The zero-order chi connectivity index (χ0) is 25.3. The molecule has 3 aromatic carbocycles. The van der Waals surface area contributed by atoms with E-state index in [-0.39, 0.29) is 0 Å². The van der Waals surface area contributed by atoms with Crippen molar-refractivity contribution in [2.24, 2.45) is 0 Å². The number of nitrogens with one attached hydrogen (secondary N) is 2. The van der Waals surface area contributed by atoms with Crippen LogP contribution in [0, 0.1) is 13.8 Å². The summed E-state index contributed by atoms with van der Waals surface area (Å²) in [5.41, 5.74) is 2.39. The number of amides is 4. The van der Waals surface area contributed by atoms with Gasteiger partial charge in [-0.25, -0.2) is 4.79 Å². The fourth-order valence-electron chi connectivity index (χ4n) is 4.53. The van der Waals surface area contributed by atoms with Crippen molar-refractivity contribution in [3.63, 3.8) is 0 Å². The van der Waals surface area contributed by atoms with Gasteiger partial charge in [0, 0.05) is 18.2 Å². The molecule has 1 fully saturated rings. The molecule has 2 heterocycles. The van der Waals surface area contributed by atoms with Gasteiger partial charge in [0.1, 0.15) is 6.54 Å². The van der Waals surface area contributed by atoms with Crippen LogP contribution in [0.4, 0.5) is 10.5 Å². The number of carbonyl (C=O) groups excluding carboxylic acids is 3. The van der Waals surface area contributed by atoms with Gasteiger partial charge in [0.2, 0.25) is 5.91 Å². The summed E-state index contributed by atoms with van der Waals surface area (Å²) >= 11 is 0. The van der Waals surface area contributed by atoms with Gasteiger partial charge >= 0.3 is 6.03 Å².